The molecule has 124 valence electrons. The Bertz CT molecular complexity index is 482. The van der Waals surface area contributed by atoms with E-state index in [0.29, 0.717) is 0 Å². The van der Waals surface area contributed by atoms with Crippen LogP contribution >= 0.6 is 0 Å². The number of ether oxygens (including phenoxy) is 1. The van der Waals surface area contributed by atoms with Gasteiger partial charge < -0.3 is 14.2 Å². The average molecular weight is 307 g/mol. The Hall–Kier alpha value is -1.52. The van der Waals surface area contributed by atoms with Crippen LogP contribution in [0.15, 0.2) is 12.5 Å². The molecule has 1 aromatic heterocycles. The van der Waals surface area contributed by atoms with Crippen molar-refractivity contribution in [2.24, 2.45) is 5.92 Å². The van der Waals surface area contributed by atoms with E-state index in [1.165, 1.54) is 18.5 Å². The van der Waals surface area contributed by atoms with Crippen LogP contribution in [-0.2, 0) is 11.3 Å². The number of carbonyl (C=O) groups is 1. The highest BCUT2D eigenvalue weighted by Gasteiger charge is 2.26. The quantitative estimate of drug-likeness (QED) is 0.853. The van der Waals surface area contributed by atoms with Gasteiger partial charge in [0.1, 0.15) is 5.60 Å². The summed E-state index contributed by atoms with van der Waals surface area (Å²) in [5.41, 5.74) is 0.816. The van der Waals surface area contributed by atoms with Crippen molar-refractivity contribution in [1.82, 2.24) is 14.5 Å². The van der Waals surface area contributed by atoms with E-state index in [-0.39, 0.29) is 6.09 Å². The highest BCUT2D eigenvalue weighted by Crippen LogP contribution is 2.23. The third-order valence-electron chi connectivity index (χ3n) is 4.20. The van der Waals surface area contributed by atoms with E-state index in [4.69, 9.17) is 4.74 Å². The lowest BCUT2D eigenvalue weighted by Crippen LogP contribution is -2.41. The van der Waals surface area contributed by atoms with E-state index in [1.54, 1.807) is 0 Å². The van der Waals surface area contributed by atoms with Gasteiger partial charge in [-0.3, -0.25) is 0 Å². The molecule has 0 radical (unpaired) electrons. The van der Waals surface area contributed by atoms with Gasteiger partial charge in [0.05, 0.1) is 6.33 Å². The molecule has 0 aromatic carbocycles. The molecule has 0 unspecified atom stereocenters. The molecule has 1 aliphatic rings. The van der Waals surface area contributed by atoms with Crippen molar-refractivity contribution in [3.63, 3.8) is 0 Å². The first-order valence-electron chi connectivity index (χ1n) is 8.30. The van der Waals surface area contributed by atoms with Crippen molar-refractivity contribution in [3.8, 4) is 0 Å². The monoisotopic (exact) mass is 307 g/mol. The number of likely N-dealkylation sites (tertiary alicyclic amines) is 1. The maximum absolute atomic E-state index is 12.0. The summed E-state index contributed by atoms with van der Waals surface area (Å²) >= 11 is 0. The molecule has 0 N–H and O–H groups in total. The molecule has 5 nitrogen and oxygen atoms in total. The van der Waals surface area contributed by atoms with Crippen LogP contribution in [0.25, 0.3) is 0 Å². The molecule has 5 heteroatoms. The number of aryl methyl sites for hydroxylation is 2. The van der Waals surface area contributed by atoms with Gasteiger partial charge >= 0.3 is 6.09 Å². The Labute approximate surface area is 133 Å². The summed E-state index contributed by atoms with van der Waals surface area (Å²) in [7, 11) is 0. The number of hydrogen-bond acceptors (Lipinski definition) is 3. The first-order valence-corrected chi connectivity index (χ1v) is 8.30. The number of imidazole rings is 1. The van der Waals surface area contributed by atoms with Gasteiger partial charge in [0.2, 0.25) is 0 Å². The third kappa shape index (κ3) is 5.04. The average Bonchev–Trinajstić information content (AvgIpc) is 2.83. The van der Waals surface area contributed by atoms with Gasteiger partial charge in [0.15, 0.2) is 0 Å². The smallest absolute Gasteiger partial charge is 0.410 e. The number of hydrogen-bond donors (Lipinski definition) is 0. The molecule has 0 saturated carbocycles. The van der Waals surface area contributed by atoms with Crippen molar-refractivity contribution < 1.29 is 9.53 Å². The van der Waals surface area contributed by atoms with Crippen LogP contribution in [0.2, 0.25) is 0 Å². The molecule has 1 aromatic rings. The van der Waals surface area contributed by atoms with E-state index >= 15 is 0 Å². The van der Waals surface area contributed by atoms with Crippen molar-refractivity contribution in [2.45, 2.75) is 65.5 Å². The second kappa shape index (κ2) is 7.16. The molecule has 2 rings (SSSR count). The summed E-state index contributed by atoms with van der Waals surface area (Å²) in [5, 5.41) is 0. The summed E-state index contributed by atoms with van der Waals surface area (Å²) in [6, 6.07) is 0. The molecule has 1 saturated heterocycles. The first-order chi connectivity index (χ1) is 10.3. The van der Waals surface area contributed by atoms with E-state index in [9.17, 15) is 4.79 Å². The van der Waals surface area contributed by atoms with Crippen LogP contribution < -0.4 is 0 Å². The fourth-order valence-electron chi connectivity index (χ4n) is 2.90. The Kier molecular flexibility index (Phi) is 5.48. The van der Waals surface area contributed by atoms with Crippen LogP contribution in [0.3, 0.4) is 0 Å². The van der Waals surface area contributed by atoms with Gasteiger partial charge in [-0.1, -0.05) is 0 Å². The molecule has 0 spiro atoms. The maximum Gasteiger partial charge on any atom is 0.410 e. The standard InChI is InChI=1S/C17H29N3O2/c1-14-12-18-13-20(14)9-5-6-15-7-10-19(11-8-15)16(21)22-17(2,3)4/h12-13,15H,5-11H2,1-4H3. The fraction of sp³-hybridized carbons (Fsp3) is 0.765. The third-order valence-corrected chi connectivity index (χ3v) is 4.20. The lowest BCUT2D eigenvalue weighted by molar-refractivity contribution is 0.0180. The molecular weight excluding hydrogens is 278 g/mol. The number of rotatable bonds is 4. The topological polar surface area (TPSA) is 47.4 Å². The Morgan fingerprint density at radius 2 is 2.05 bits per heavy atom. The van der Waals surface area contributed by atoms with Crippen LogP contribution in [0.4, 0.5) is 4.79 Å². The summed E-state index contributed by atoms with van der Waals surface area (Å²) in [4.78, 5) is 18.0. The minimum atomic E-state index is -0.406. The number of aromatic nitrogens is 2. The van der Waals surface area contributed by atoms with E-state index in [0.717, 1.165) is 38.4 Å². The number of amides is 1. The number of carbonyl (C=O) groups excluding carboxylic acids is 1. The minimum absolute atomic E-state index is 0.167. The van der Waals surface area contributed by atoms with Gasteiger partial charge in [0, 0.05) is 31.5 Å². The largest absolute Gasteiger partial charge is 0.444 e. The van der Waals surface area contributed by atoms with Crippen LogP contribution in [0, 0.1) is 12.8 Å². The van der Waals surface area contributed by atoms with E-state index in [1.807, 2.05) is 38.2 Å². The van der Waals surface area contributed by atoms with Crippen molar-refractivity contribution in [1.29, 1.82) is 0 Å². The molecule has 2 heterocycles. The lowest BCUT2D eigenvalue weighted by atomic mass is 9.92. The zero-order chi connectivity index (χ0) is 16.2. The van der Waals surface area contributed by atoms with Crippen LogP contribution in [-0.4, -0.2) is 39.2 Å². The molecule has 22 heavy (non-hydrogen) atoms. The summed E-state index contributed by atoms with van der Waals surface area (Å²) in [6.45, 7) is 10.5. The van der Waals surface area contributed by atoms with Crippen molar-refractivity contribution >= 4 is 6.09 Å². The predicted octanol–water partition coefficient (Wildman–Crippen LogP) is 3.62. The zero-order valence-electron chi connectivity index (χ0n) is 14.3. The maximum atomic E-state index is 12.0. The molecule has 1 fully saturated rings. The second-order valence-electron chi connectivity index (χ2n) is 7.28. The van der Waals surface area contributed by atoms with Gasteiger partial charge in [-0.15, -0.1) is 0 Å². The molecule has 0 atom stereocenters. The lowest BCUT2D eigenvalue weighted by Gasteiger charge is -2.33. The second-order valence-corrected chi connectivity index (χ2v) is 7.28. The van der Waals surface area contributed by atoms with Crippen LogP contribution in [0.5, 0.6) is 0 Å². The fourth-order valence-corrected chi connectivity index (χ4v) is 2.90. The molecule has 1 aliphatic heterocycles. The number of piperidine rings is 1. The van der Waals surface area contributed by atoms with Gasteiger partial charge in [-0.25, -0.2) is 9.78 Å². The molecular formula is C17H29N3O2. The van der Waals surface area contributed by atoms with E-state index < -0.39 is 5.60 Å². The van der Waals surface area contributed by atoms with Crippen molar-refractivity contribution in [3.05, 3.63) is 18.2 Å². The normalized spacial score (nSPS) is 16.8. The van der Waals surface area contributed by atoms with Crippen LogP contribution in [0.1, 0.15) is 52.1 Å². The van der Waals surface area contributed by atoms with Gasteiger partial charge in [0.25, 0.3) is 0 Å². The Morgan fingerprint density at radius 3 is 2.59 bits per heavy atom. The first kappa shape index (κ1) is 16.8. The van der Waals surface area contributed by atoms with E-state index in [2.05, 4.69) is 16.5 Å². The highest BCUT2D eigenvalue weighted by molar-refractivity contribution is 5.68. The predicted molar refractivity (Wildman–Crippen MR) is 86.7 cm³/mol. The summed E-state index contributed by atoms with van der Waals surface area (Å²) < 4.78 is 7.64. The summed E-state index contributed by atoms with van der Waals surface area (Å²) in [5.74, 6) is 0.725. The minimum Gasteiger partial charge on any atom is -0.444 e. The molecule has 1 amide bonds. The molecule has 0 bridgehead atoms. The summed E-state index contributed by atoms with van der Waals surface area (Å²) in [6.07, 6.45) is 8.21. The van der Waals surface area contributed by atoms with Gasteiger partial charge in [-0.05, 0) is 59.3 Å². The molecule has 0 aliphatic carbocycles. The Balaban J connectivity index is 1.67. The van der Waals surface area contributed by atoms with Gasteiger partial charge in [-0.2, -0.15) is 0 Å². The number of nitrogens with zero attached hydrogens (tertiary/aromatic N) is 3. The van der Waals surface area contributed by atoms with Crippen molar-refractivity contribution in [2.75, 3.05) is 13.1 Å². The highest BCUT2D eigenvalue weighted by atomic mass is 16.6. The SMILES string of the molecule is Cc1cncn1CCCC1CCN(C(=O)OC(C)(C)C)CC1. The Morgan fingerprint density at radius 1 is 1.36 bits per heavy atom. The zero-order valence-corrected chi connectivity index (χ0v) is 14.3.